The van der Waals surface area contributed by atoms with Crippen LogP contribution < -0.4 is 10.6 Å². The summed E-state index contributed by atoms with van der Waals surface area (Å²) < 4.78 is 0. The second-order valence-corrected chi connectivity index (χ2v) is 6.36. The number of likely N-dealkylation sites (N-methyl/N-ethyl adjacent to an activating group) is 1. The van der Waals surface area contributed by atoms with E-state index >= 15 is 0 Å². The maximum atomic E-state index is 4.40. The van der Waals surface area contributed by atoms with Gasteiger partial charge < -0.3 is 15.5 Å². The Morgan fingerprint density at radius 3 is 2.76 bits per heavy atom. The van der Waals surface area contributed by atoms with Crippen LogP contribution in [0.1, 0.15) is 37.1 Å². The van der Waals surface area contributed by atoms with Gasteiger partial charge in [-0.05, 0) is 26.8 Å². The Morgan fingerprint density at radius 2 is 2.19 bits per heavy atom. The van der Waals surface area contributed by atoms with Crippen LogP contribution >= 0.6 is 11.3 Å². The first kappa shape index (κ1) is 17.9. The molecule has 2 N–H and O–H groups in total. The standard InChI is InChI=1S/C15H29N5S/c1-6-12(3)20(5)9-8-17-15(16-4)19-11-14-18-10-13(7-2)21-14/h10,12H,6-9,11H2,1-5H3,(H2,16,17,19). The van der Waals surface area contributed by atoms with Gasteiger partial charge in [-0.2, -0.15) is 0 Å². The summed E-state index contributed by atoms with van der Waals surface area (Å²) >= 11 is 1.76. The van der Waals surface area contributed by atoms with Gasteiger partial charge in [0.25, 0.3) is 0 Å². The van der Waals surface area contributed by atoms with Crippen molar-refractivity contribution in [3.8, 4) is 0 Å². The van der Waals surface area contributed by atoms with Crippen LogP contribution in [-0.4, -0.2) is 49.1 Å². The molecule has 1 unspecified atom stereocenters. The first-order chi connectivity index (χ1) is 10.1. The fourth-order valence-corrected chi connectivity index (χ4v) is 2.66. The Morgan fingerprint density at radius 1 is 1.43 bits per heavy atom. The summed E-state index contributed by atoms with van der Waals surface area (Å²) in [7, 11) is 3.96. The van der Waals surface area contributed by atoms with E-state index in [0.717, 1.165) is 37.0 Å². The number of aryl methyl sites for hydroxylation is 1. The van der Waals surface area contributed by atoms with Gasteiger partial charge >= 0.3 is 0 Å². The fraction of sp³-hybridized carbons (Fsp3) is 0.733. The topological polar surface area (TPSA) is 52.6 Å². The summed E-state index contributed by atoms with van der Waals surface area (Å²) in [6, 6.07) is 0.615. The molecule has 120 valence electrons. The second-order valence-electron chi connectivity index (χ2n) is 5.16. The van der Waals surface area contributed by atoms with Crippen molar-refractivity contribution in [2.24, 2.45) is 4.99 Å². The second kappa shape index (κ2) is 9.73. The largest absolute Gasteiger partial charge is 0.355 e. The highest BCUT2D eigenvalue weighted by atomic mass is 32.1. The number of nitrogens with zero attached hydrogens (tertiary/aromatic N) is 3. The lowest BCUT2D eigenvalue weighted by Gasteiger charge is -2.23. The molecule has 1 aromatic rings. The molecule has 0 bridgehead atoms. The summed E-state index contributed by atoms with van der Waals surface area (Å²) in [6.07, 6.45) is 4.18. The Bertz CT molecular complexity index is 429. The number of guanidine groups is 1. The van der Waals surface area contributed by atoms with Crippen LogP contribution in [-0.2, 0) is 13.0 Å². The molecule has 0 aliphatic heterocycles. The van der Waals surface area contributed by atoms with E-state index in [2.05, 4.69) is 53.3 Å². The molecule has 0 aliphatic rings. The molecule has 0 saturated heterocycles. The highest BCUT2D eigenvalue weighted by Crippen LogP contribution is 2.12. The van der Waals surface area contributed by atoms with E-state index in [1.165, 1.54) is 11.3 Å². The zero-order chi connectivity index (χ0) is 15.7. The van der Waals surface area contributed by atoms with Crippen LogP contribution in [0.25, 0.3) is 0 Å². The molecule has 0 amide bonds. The van der Waals surface area contributed by atoms with E-state index in [-0.39, 0.29) is 0 Å². The zero-order valence-corrected chi connectivity index (χ0v) is 14.8. The number of thiazole rings is 1. The van der Waals surface area contributed by atoms with E-state index in [0.29, 0.717) is 6.04 Å². The van der Waals surface area contributed by atoms with Crippen LogP contribution in [0.15, 0.2) is 11.2 Å². The lowest BCUT2D eigenvalue weighted by atomic mass is 10.2. The Labute approximate surface area is 132 Å². The third kappa shape index (κ3) is 6.44. The third-order valence-electron chi connectivity index (χ3n) is 3.68. The van der Waals surface area contributed by atoms with Crippen LogP contribution in [0.4, 0.5) is 0 Å². The molecule has 0 saturated carbocycles. The highest BCUT2D eigenvalue weighted by Gasteiger charge is 2.06. The van der Waals surface area contributed by atoms with E-state index in [1.807, 2.05) is 6.20 Å². The SMILES string of the molecule is CCc1cnc(CNC(=NC)NCCN(C)C(C)CC)s1. The number of hydrogen-bond donors (Lipinski definition) is 2. The van der Waals surface area contributed by atoms with Crippen molar-refractivity contribution in [3.63, 3.8) is 0 Å². The van der Waals surface area contributed by atoms with Gasteiger partial charge in [0.2, 0.25) is 0 Å². The Kier molecular flexibility index (Phi) is 8.30. The number of aromatic nitrogens is 1. The quantitative estimate of drug-likeness (QED) is 0.570. The van der Waals surface area contributed by atoms with Gasteiger partial charge in [-0.1, -0.05) is 13.8 Å². The molecule has 6 heteroatoms. The summed E-state index contributed by atoms with van der Waals surface area (Å²) in [5.74, 6) is 0.834. The van der Waals surface area contributed by atoms with Crippen LogP contribution in [0.2, 0.25) is 0 Å². The summed E-state index contributed by atoms with van der Waals surface area (Å²) in [5, 5.41) is 7.76. The molecule has 0 aromatic carbocycles. The zero-order valence-electron chi connectivity index (χ0n) is 13.9. The molecule has 1 aromatic heterocycles. The molecule has 1 atom stereocenters. The number of nitrogens with one attached hydrogen (secondary N) is 2. The smallest absolute Gasteiger partial charge is 0.191 e. The molecule has 1 heterocycles. The van der Waals surface area contributed by atoms with E-state index in [9.17, 15) is 0 Å². The van der Waals surface area contributed by atoms with Gasteiger partial charge in [-0.15, -0.1) is 11.3 Å². The van der Waals surface area contributed by atoms with Crippen LogP contribution in [0.3, 0.4) is 0 Å². The minimum absolute atomic E-state index is 0.615. The maximum Gasteiger partial charge on any atom is 0.191 e. The van der Waals surface area contributed by atoms with Crippen molar-refractivity contribution in [2.45, 2.75) is 46.2 Å². The van der Waals surface area contributed by atoms with Crippen molar-refractivity contribution < 1.29 is 0 Å². The van der Waals surface area contributed by atoms with Gasteiger partial charge in [0.15, 0.2) is 5.96 Å². The molecular formula is C15H29N5S. The average Bonchev–Trinajstić information content (AvgIpc) is 2.97. The van der Waals surface area contributed by atoms with Crippen molar-refractivity contribution >= 4 is 17.3 Å². The molecule has 0 fully saturated rings. The van der Waals surface area contributed by atoms with E-state index in [4.69, 9.17) is 0 Å². The van der Waals surface area contributed by atoms with Crippen molar-refractivity contribution in [1.29, 1.82) is 0 Å². The normalized spacial score (nSPS) is 13.5. The van der Waals surface area contributed by atoms with Crippen molar-refractivity contribution in [2.75, 3.05) is 27.2 Å². The molecule has 0 spiro atoms. The highest BCUT2D eigenvalue weighted by molar-refractivity contribution is 7.11. The van der Waals surface area contributed by atoms with Crippen LogP contribution in [0.5, 0.6) is 0 Å². The van der Waals surface area contributed by atoms with E-state index in [1.54, 1.807) is 18.4 Å². The first-order valence-corrected chi connectivity index (χ1v) is 8.50. The Balaban J connectivity index is 2.29. The summed E-state index contributed by atoms with van der Waals surface area (Å²) in [5.41, 5.74) is 0. The molecule has 5 nitrogen and oxygen atoms in total. The minimum Gasteiger partial charge on any atom is -0.355 e. The molecule has 0 radical (unpaired) electrons. The van der Waals surface area contributed by atoms with Gasteiger partial charge in [0.05, 0.1) is 6.54 Å². The predicted molar refractivity (Wildman–Crippen MR) is 92.1 cm³/mol. The van der Waals surface area contributed by atoms with Gasteiger partial charge in [-0.3, -0.25) is 4.99 Å². The van der Waals surface area contributed by atoms with E-state index < -0.39 is 0 Å². The Hall–Kier alpha value is -1.14. The monoisotopic (exact) mass is 311 g/mol. The predicted octanol–water partition coefficient (Wildman–Crippen LogP) is 2.10. The van der Waals surface area contributed by atoms with Gasteiger partial charge in [0.1, 0.15) is 5.01 Å². The summed E-state index contributed by atoms with van der Waals surface area (Å²) in [4.78, 5) is 12.3. The minimum atomic E-state index is 0.615. The number of aliphatic imine (C=N–C) groups is 1. The van der Waals surface area contributed by atoms with Crippen LogP contribution in [0, 0.1) is 0 Å². The fourth-order valence-electron chi connectivity index (χ4n) is 1.86. The lowest BCUT2D eigenvalue weighted by molar-refractivity contribution is 0.255. The summed E-state index contributed by atoms with van der Waals surface area (Å²) in [6.45, 7) is 9.24. The maximum absolute atomic E-state index is 4.40. The number of rotatable bonds is 8. The molecule has 21 heavy (non-hydrogen) atoms. The molecule has 0 aliphatic carbocycles. The van der Waals surface area contributed by atoms with Gasteiger partial charge in [0, 0.05) is 37.3 Å². The first-order valence-electron chi connectivity index (χ1n) is 7.69. The molecule has 1 rings (SSSR count). The average molecular weight is 311 g/mol. The molecular weight excluding hydrogens is 282 g/mol. The van der Waals surface area contributed by atoms with Crippen molar-refractivity contribution in [3.05, 3.63) is 16.1 Å². The third-order valence-corrected chi connectivity index (χ3v) is 4.82. The lowest BCUT2D eigenvalue weighted by Crippen LogP contribution is -2.42. The van der Waals surface area contributed by atoms with Crippen molar-refractivity contribution in [1.82, 2.24) is 20.5 Å². The number of hydrogen-bond acceptors (Lipinski definition) is 4. The van der Waals surface area contributed by atoms with Gasteiger partial charge in [-0.25, -0.2) is 4.98 Å².